The van der Waals surface area contributed by atoms with Crippen molar-refractivity contribution in [1.82, 2.24) is 10.6 Å². The number of halogens is 3. The van der Waals surface area contributed by atoms with Crippen molar-refractivity contribution in [2.24, 2.45) is 0 Å². The Labute approximate surface area is 133 Å². The van der Waals surface area contributed by atoms with Gasteiger partial charge in [0.1, 0.15) is 6.17 Å². The van der Waals surface area contributed by atoms with Crippen LogP contribution in [-0.4, -0.2) is 22.4 Å². The molecule has 0 aliphatic heterocycles. The molecule has 0 fully saturated rings. The molecule has 0 saturated heterocycles. The van der Waals surface area contributed by atoms with E-state index in [1.54, 1.807) is 12.2 Å². The first-order valence-corrected chi connectivity index (χ1v) is 7.01. The highest BCUT2D eigenvalue weighted by atomic mass is 35.6. The summed E-state index contributed by atoms with van der Waals surface area (Å²) in [6.45, 7) is 3.96. The Bertz CT molecular complexity index is 469. The summed E-state index contributed by atoms with van der Waals surface area (Å²) in [4.78, 5) is 11.8. The lowest BCUT2D eigenvalue weighted by molar-refractivity contribution is -0.117. The summed E-state index contributed by atoms with van der Waals surface area (Å²) in [6, 6.07) is 9.43. The molecule has 0 aliphatic rings. The lowest BCUT2D eigenvalue weighted by Gasteiger charge is -2.25. The maximum Gasteiger partial charge on any atom is 0.245 e. The molecule has 1 aromatic carbocycles. The average Bonchev–Trinajstić information content (AvgIpc) is 2.41. The van der Waals surface area contributed by atoms with Crippen molar-refractivity contribution in [1.29, 1.82) is 0 Å². The van der Waals surface area contributed by atoms with Crippen molar-refractivity contribution in [2.75, 3.05) is 6.54 Å². The van der Waals surface area contributed by atoms with E-state index in [4.69, 9.17) is 34.8 Å². The summed E-state index contributed by atoms with van der Waals surface area (Å²) in [5.74, 6) is -0.359. The number of amides is 1. The molecule has 0 aromatic heterocycles. The molecule has 0 saturated carbocycles. The van der Waals surface area contributed by atoms with E-state index < -0.39 is 9.96 Å². The zero-order valence-electron chi connectivity index (χ0n) is 10.7. The Morgan fingerprint density at radius 3 is 2.50 bits per heavy atom. The molecule has 2 N–H and O–H groups in total. The number of benzene rings is 1. The molecule has 0 aliphatic carbocycles. The van der Waals surface area contributed by atoms with E-state index in [0.29, 0.717) is 6.54 Å². The summed E-state index contributed by atoms with van der Waals surface area (Å²) >= 11 is 17.4. The maximum absolute atomic E-state index is 11.8. The van der Waals surface area contributed by atoms with Gasteiger partial charge in [-0.3, -0.25) is 10.1 Å². The van der Waals surface area contributed by atoms with Crippen molar-refractivity contribution < 1.29 is 4.79 Å². The summed E-state index contributed by atoms with van der Waals surface area (Å²) < 4.78 is -1.65. The highest BCUT2D eigenvalue weighted by Gasteiger charge is 2.32. The molecule has 1 aromatic rings. The monoisotopic (exact) mass is 332 g/mol. The molecule has 0 heterocycles. The van der Waals surface area contributed by atoms with Gasteiger partial charge in [0.05, 0.1) is 0 Å². The summed E-state index contributed by atoms with van der Waals surface area (Å²) in [5.41, 5.74) is 0.909. The standard InChI is InChI=1S/C14H15Cl3N2O/c1-2-10-18-13(14(15,16)17)19-12(20)9-8-11-6-4-3-5-7-11/h2-9,13,18H,1,10H2,(H,19,20). The number of alkyl halides is 3. The quantitative estimate of drug-likeness (QED) is 0.363. The van der Waals surface area contributed by atoms with Gasteiger partial charge in [-0.1, -0.05) is 71.2 Å². The molecule has 1 rings (SSSR count). The van der Waals surface area contributed by atoms with Crippen LogP contribution >= 0.6 is 34.8 Å². The lowest BCUT2D eigenvalue weighted by atomic mass is 10.2. The first kappa shape index (κ1) is 17.1. The SMILES string of the molecule is C=CCNC(NC(=O)C=Cc1ccccc1)C(Cl)(Cl)Cl. The first-order valence-electron chi connectivity index (χ1n) is 5.88. The normalized spacial score (nSPS) is 13.2. The second-order valence-electron chi connectivity index (χ2n) is 3.92. The number of carbonyl (C=O) groups excluding carboxylic acids is 1. The van der Waals surface area contributed by atoms with Crippen LogP contribution in [0.2, 0.25) is 0 Å². The Hall–Kier alpha value is -1.000. The van der Waals surface area contributed by atoms with Gasteiger partial charge < -0.3 is 5.32 Å². The van der Waals surface area contributed by atoms with Crippen LogP contribution in [0, 0.1) is 0 Å². The summed E-state index contributed by atoms with van der Waals surface area (Å²) in [5, 5.41) is 5.44. The van der Waals surface area contributed by atoms with E-state index in [-0.39, 0.29) is 5.91 Å². The zero-order valence-corrected chi connectivity index (χ0v) is 12.9. The van der Waals surface area contributed by atoms with Gasteiger partial charge in [-0.05, 0) is 11.6 Å². The van der Waals surface area contributed by atoms with Crippen LogP contribution in [0.15, 0.2) is 49.1 Å². The minimum atomic E-state index is -1.65. The molecule has 6 heteroatoms. The highest BCUT2D eigenvalue weighted by molar-refractivity contribution is 6.68. The smallest absolute Gasteiger partial charge is 0.245 e. The van der Waals surface area contributed by atoms with Crippen molar-refractivity contribution in [3.05, 3.63) is 54.6 Å². The van der Waals surface area contributed by atoms with Crippen LogP contribution in [0.1, 0.15) is 5.56 Å². The number of rotatable bonds is 6. The topological polar surface area (TPSA) is 41.1 Å². The van der Waals surface area contributed by atoms with E-state index >= 15 is 0 Å². The van der Waals surface area contributed by atoms with Gasteiger partial charge in [-0.15, -0.1) is 6.58 Å². The zero-order chi connectivity index (χ0) is 15.0. The third-order valence-corrected chi connectivity index (χ3v) is 2.96. The third-order valence-electron chi connectivity index (χ3n) is 2.31. The molecule has 20 heavy (non-hydrogen) atoms. The van der Waals surface area contributed by atoms with E-state index in [1.165, 1.54) is 6.08 Å². The van der Waals surface area contributed by atoms with E-state index in [2.05, 4.69) is 17.2 Å². The molecule has 0 radical (unpaired) electrons. The van der Waals surface area contributed by atoms with Crippen molar-refractivity contribution in [3.8, 4) is 0 Å². The van der Waals surface area contributed by atoms with Gasteiger partial charge in [0, 0.05) is 12.6 Å². The Morgan fingerprint density at radius 1 is 1.30 bits per heavy atom. The minimum Gasteiger partial charge on any atom is -0.333 e. The van der Waals surface area contributed by atoms with Gasteiger partial charge in [0.15, 0.2) is 0 Å². The van der Waals surface area contributed by atoms with Gasteiger partial charge in [-0.2, -0.15) is 0 Å². The highest BCUT2D eigenvalue weighted by Crippen LogP contribution is 2.28. The fraction of sp³-hybridized carbons (Fsp3) is 0.214. The molecular weight excluding hydrogens is 319 g/mol. The van der Waals surface area contributed by atoms with E-state index in [0.717, 1.165) is 5.56 Å². The van der Waals surface area contributed by atoms with Crippen LogP contribution in [0.4, 0.5) is 0 Å². The second-order valence-corrected chi connectivity index (χ2v) is 6.29. The molecule has 3 nitrogen and oxygen atoms in total. The molecule has 1 unspecified atom stereocenters. The largest absolute Gasteiger partial charge is 0.333 e. The van der Waals surface area contributed by atoms with E-state index in [9.17, 15) is 4.79 Å². The number of carbonyl (C=O) groups is 1. The summed E-state index contributed by atoms with van der Waals surface area (Å²) in [6.07, 6.45) is 3.86. The molecule has 1 amide bonds. The fourth-order valence-corrected chi connectivity index (χ4v) is 1.77. The Balaban J connectivity index is 2.62. The van der Waals surface area contributed by atoms with E-state index in [1.807, 2.05) is 30.3 Å². The molecule has 0 spiro atoms. The molecule has 1 atom stereocenters. The van der Waals surface area contributed by atoms with Gasteiger partial charge >= 0.3 is 0 Å². The van der Waals surface area contributed by atoms with Crippen LogP contribution < -0.4 is 10.6 Å². The second kappa shape index (κ2) is 8.32. The third kappa shape index (κ3) is 6.44. The van der Waals surface area contributed by atoms with Crippen molar-refractivity contribution >= 4 is 46.8 Å². The number of hydrogen-bond donors (Lipinski definition) is 2. The van der Waals surface area contributed by atoms with Crippen molar-refractivity contribution in [2.45, 2.75) is 9.96 Å². The predicted octanol–water partition coefficient (Wildman–Crippen LogP) is 3.29. The molecule has 0 bridgehead atoms. The predicted molar refractivity (Wildman–Crippen MR) is 85.9 cm³/mol. The van der Waals surface area contributed by atoms with Gasteiger partial charge in [0.2, 0.25) is 9.70 Å². The molecular formula is C14H15Cl3N2O. The average molecular weight is 334 g/mol. The van der Waals surface area contributed by atoms with Gasteiger partial charge in [0.25, 0.3) is 0 Å². The number of nitrogens with one attached hydrogen (secondary N) is 2. The van der Waals surface area contributed by atoms with Crippen LogP contribution in [0.3, 0.4) is 0 Å². The van der Waals surface area contributed by atoms with Gasteiger partial charge in [-0.25, -0.2) is 0 Å². The van der Waals surface area contributed by atoms with Crippen LogP contribution in [0.5, 0.6) is 0 Å². The van der Waals surface area contributed by atoms with Crippen LogP contribution in [0.25, 0.3) is 6.08 Å². The summed E-state index contributed by atoms with van der Waals surface area (Å²) in [7, 11) is 0. The van der Waals surface area contributed by atoms with Crippen LogP contribution in [-0.2, 0) is 4.79 Å². The lowest BCUT2D eigenvalue weighted by Crippen LogP contribution is -2.53. The Morgan fingerprint density at radius 2 is 1.95 bits per heavy atom. The number of hydrogen-bond acceptors (Lipinski definition) is 2. The minimum absolute atomic E-state index is 0.359. The first-order chi connectivity index (χ1) is 9.43. The maximum atomic E-state index is 11.8. The fourth-order valence-electron chi connectivity index (χ4n) is 1.38. The molecule has 108 valence electrons. The Kier molecular flexibility index (Phi) is 7.10. The van der Waals surface area contributed by atoms with Crippen molar-refractivity contribution in [3.63, 3.8) is 0 Å².